The van der Waals surface area contributed by atoms with Crippen molar-refractivity contribution in [2.24, 2.45) is 0 Å². The van der Waals surface area contributed by atoms with E-state index in [1.165, 1.54) is 0 Å². The van der Waals surface area contributed by atoms with E-state index >= 15 is 0 Å². The van der Waals surface area contributed by atoms with Gasteiger partial charge in [0.15, 0.2) is 0 Å². The summed E-state index contributed by atoms with van der Waals surface area (Å²) in [5.41, 5.74) is 0.976. The van der Waals surface area contributed by atoms with Crippen LogP contribution in [0.15, 0.2) is 36.4 Å². The lowest BCUT2D eigenvalue weighted by Crippen LogP contribution is -2.28. The average molecular weight is 238 g/mol. The van der Waals surface area contributed by atoms with E-state index in [2.05, 4.69) is 0 Å². The van der Waals surface area contributed by atoms with Gasteiger partial charge in [-0.3, -0.25) is 4.79 Å². The Labute approximate surface area is 102 Å². The number of carbonyl (C=O) groups excluding carboxylic acids is 1. The van der Waals surface area contributed by atoms with Crippen molar-refractivity contribution in [3.63, 3.8) is 0 Å². The number of hydrogen-bond donors (Lipinski definition) is 0. The van der Waals surface area contributed by atoms with Crippen molar-refractivity contribution in [1.29, 1.82) is 0 Å². The second-order valence-corrected chi connectivity index (χ2v) is 3.85. The molecule has 0 saturated carbocycles. The molecule has 0 aliphatic heterocycles. The van der Waals surface area contributed by atoms with Crippen molar-refractivity contribution in [3.05, 3.63) is 47.0 Å². The van der Waals surface area contributed by atoms with Crippen LogP contribution in [-0.2, 0) is 11.3 Å². The van der Waals surface area contributed by atoms with Gasteiger partial charge in [-0.1, -0.05) is 35.9 Å². The van der Waals surface area contributed by atoms with Gasteiger partial charge in [0, 0.05) is 18.1 Å². The van der Waals surface area contributed by atoms with Crippen molar-refractivity contribution in [3.8, 4) is 0 Å². The molecule has 0 fully saturated rings. The fourth-order valence-electron chi connectivity index (χ4n) is 1.43. The van der Waals surface area contributed by atoms with Crippen LogP contribution < -0.4 is 0 Å². The smallest absolute Gasteiger partial charge is 0.246 e. The Morgan fingerprint density at radius 1 is 1.44 bits per heavy atom. The Balaban J connectivity index is 2.78. The molecule has 0 atom stereocenters. The summed E-state index contributed by atoms with van der Waals surface area (Å²) in [5.74, 6) is 0.0184. The molecule has 0 spiro atoms. The van der Waals surface area contributed by atoms with Gasteiger partial charge in [-0.25, -0.2) is 0 Å². The Hall–Kier alpha value is -1.28. The van der Waals surface area contributed by atoms with Crippen LogP contribution in [0.5, 0.6) is 0 Å². The minimum atomic E-state index is 0.0184. The first kappa shape index (κ1) is 12.8. The van der Waals surface area contributed by atoms with Gasteiger partial charge in [0.25, 0.3) is 0 Å². The monoisotopic (exact) mass is 237 g/mol. The van der Waals surface area contributed by atoms with Crippen molar-refractivity contribution in [1.82, 2.24) is 4.90 Å². The topological polar surface area (TPSA) is 20.3 Å². The molecule has 0 unspecified atom stereocenters. The van der Waals surface area contributed by atoms with Crippen LogP contribution in [0.4, 0.5) is 0 Å². The molecule has 1 aromatic carbocycles. The zero-order chi connectivity index (χ0) is 12.0. The summed E-state index contributed by atoms with van der Waals surface area (Å²) >= 11 is 6.05. The number of carbonyl (C=O) groups is 1. The summed E-state index contributed by atoms with van der Waals surface area (Å²) < 4.78 is 0. The highest BCUT2D eigenvalue weighted by molar-refractivity contribution is 6.31. The number of nitrogens with zero attached hydrogens (tertiary/aromatic N) is 1. The predicted octanol–water partition coefficient (Wildman–Crippen LogP) is 3.26. The third kappa shape index (κ3) is 3.38. The largest absolute Gasteiger partial charge is 0.335 e. The van der Waals surface area contributed by atoms with Crippen LogP contribution >= 0.6 is 11.6 Å². The minimum absolute atomic E-state index is 0.0184. The molecular formula is C13H16ClNO. The van der Waals surface area contributed by atoms with Gasteiger partial charge in [-0.05, 0) is 31.6 Å². The number of hydrogen-bond acceptors (Lipinski definition) is 1. The fraction of sp³-hybridized carbons (Fsp3) is 0.308. The summed E-state index contributed by atoms with van der Waals surface area (Å²) in [4.78, 5) is 13.4. The zero-order valence-corrected chi connectivity index (χ0v) is 10.4. The number of benzene rings is 1. The van der Waals surface area contributed by atoms with E-state index in [0.29, 0.717) is 18.1 Å². The molecular weight excluding hydrogens is 222 g/mol. The molecule has 0 aliphatic rings. The average Bonchev–Trinajstić information content (AvgIpc) is 2.28. The molecule has 1 rings (SSSR count). The Kier molecular flexibility index (Phi) is 5.06. The van der Waals surface area contributed by atoms with Gasteiger partial charge in [-0.15, -0.1) is 0 Å². The normalized spacial score (nSPS) is 10.7. The van der Waals surface area contributed by atoms with Crippen LogP contribution in [0.3, 0.4) is 0 Å². The molecule has 2 nitrogen and oxygen atoms in total. The van der Waals surface area contributed by atoms with E-state index in [4.69, 9.17) is 11.6 Å². The summed E-state index contributed by atoms with van der Waals surface area (Å²) in [7, 11) is 0. The minimum Gasteiger partial charge on any atom is -0.335 e. The number of allylic oxidation sites excluding steroid dienone is 1. The third-order valence-electron chi connectivity index (χ3n) is 2.32. The molecule has 1 amide bonds. The molecule has 0 bridgehead atoms. The second-order valence-electron chi connectivity index (χ2n) is 3.44. The van der Waals surface area contributed by atoms with Crippen LogP contribution in [0.1, 0.15) is 19.4 Å². The quantitative estimate of drug-likeness (QED) is 0.736. The SMILES string of the molecule is CC=CC(=O)N(CC)Cc1ccccc1Cl. The van der Waals surface area contributed by atoms with Crippen molar-refractivity contribution in [2.45, 2.75) is 20.4 Å². The highest BCUT2D eigenvalue weighted by Gasteiger charge is 2.10. The summed E-state index contributed by atoms with van der Waals surface area (Å²) in [6.45, 7) is 5.02. The summed E-state index contributed by atoms with van der Waals surface area (Å²) in [6.07, 6.45) is 3.32. The van der Waals surface area contributed by atoms with Gasteiger partial charge >= 0.3 is 0 Å². The Morgan fingerprint density at radius 2 is 2.12 bits per heavy atom. The molecule has 0 N–H and O–H groups in total. The lowest BCUT2D eigenvalue weighted by molar-refractivity contribution is -0.126. The Morgan fingerprint density at radius 3 is 2.69 bits per heavy atom. The molecule has 0 radical (unpaired) electrons. The molecule has 1 aromatic rings. The van der Waals surface area contributed by atoms with Crippen LogP contribution in [0.25, 0.3) is 0 Å². The first-order chi connectivity index (χ1) is 7.69. The maximum atomic E-state index is 11.7. The second kappa shape index (κ2) is 6.33. The van der Waals surface area contributed by atoms with Crippen LogP contribution in [-0.4, -0.2) is 17.4 Å². The summed E-state index contributed by atoms with van der Waals surface area (Å²) in [6, 6.07) is 7.59. The van der Waals surface area contributed by atoms with Gasteiger partial charge in [0.2, 0.25) is 5.91 Å². The maximum absolute atomic E-state index is 11.7. The van der Waals surface area contributed by atoms with E-state index in [0.717, 1.165) is 5.56 Å². The van der Waals surface area contributed by atoms with Gasteiger partial charge in [-0.2, -0.15) is 0 Å². The van der Waals surface area contributed by atoms with Crippen LogP contribution in [0.2, 0.25) is 5.02 Å². The van der Waals surface area contributed by atoms with Crippen molar-refractivity contribution < 1.29 is 4.79 Å². The van der Waals surface area contributed by atoms with Gasteiger partial charge in [0.1, 0.15) is 0 Å². The maximum Gasteiger partial charge on any atom is 0.246 e. The van der Waals surface area contributed by atoms with E-state index < -0.39 is 0 Å². The van der Waals surface area contributed by atoms with Gasteiger partial charge in [0.05, 0.1) is 0 Å². The molecule has 0 aliphatic carbocycles. The van der Waals surface area contributed by atoms with Crippen molar-refractivity contribution >= 4 is 17.5 Å². The lowest BCUT2D eigenvalue weighted by atomic mass is 10.2. The molecule has 0 aromatic heterocycles. The Bertz CT molecular complexity index is 387. The first-order valence-corrected chi connectivity index (χ1v) is 5.71. The lowest BCUT2D eigenvalue weighted by Gasteiger charge is -2.19. The highest BCUT2D eigenvalue weighted by Crippen LogP contribution is 2.17. The standard InChI is InChI=1S/C13H16ClNO/c1-3-7-13(16)15(4-2)10-11-8-5-6-9-12(11)14/h3,5-9H,4,10H2,1-2H3. The van der Waals surface area contributed by atoms with E-state index in [-0.39, 0.29) is 5.91 Å². The van der Waals surface area contributed by atoms with E-state index in [9.17, 15) is 4.79 Å². The molecule has 0 saturated heterocycles. The first-order valence-electron chi connectivity index (χ1n) is 5.34. The number of likely N-dealkylation sites (N-methyl/N-ethyl adjacent to an activating group) is 1. The molecule has 3 heteroatoms. The highest BCUT2D eigenvalue weighted by atomic mass is 35.5. The van der Waals surface area contributed by atoms with E-state index in [1.807, 2.05) is 38.1 Å². The number of rotatable bonds is 4. The number of amides is 1. The zero-order valence-electron chi connectivity index (χ0n) is 9.61. The molecule has 0 heterocycles. The van der Waals surface area contributed by atoms with Crippen molar-refractivity contribution in [2.75, 3.05) is 6.54 Å². The molecule has 86 valence electrons. The summed E-state index contributed by atoms with van der Waals surface area (Å²) in [5, 5.41) is 0.703. The number of halogens is 1. The third-order valence-corrected chi connectivity index (χ3v) is 2.69. The fourth-order valence-corrected chi connectivity index (χ4v) is 1.62. The predicted molar refractivity (Wildman–Crippen MR) is 67.4 cm³/mol. The van der Waals surface area contributed by atoms with Gasteiger partial charge < -0.3 is 4.90 Å². The van der Waals surface area contributed by atoms with Crippen LogP contribution in [0, 0.1) is 0 Å². The van der Waals surface area contributed by atoms with E-state index in [1.54, 1.807) is 17.1 Å². The molecule has 16 heavy (non-hydrogen) atoms.